The summed E-state index contributed by atoms with van der Waals surface area (Å²) in [7, 11) is 0. The van der Waals surface area contributed by atoms with E-state index in [1.54, 1.807) is 4.90 Å². The normalized spacial score (nSPS) is 35.9. The minimum Gasteiger partial charge on any atom is -0.394 e. The predicted octanol–water partition coefficient (Wildman–Crippen LogP) is -5.55. The van der Waals surface area contributed by atoms with E-state index in [2.05, 4.69) is 26.5 Å². The minimum absolute atomic E-state index is 0.166. The van der Waals surface area contributed by atoms with Crippen LogP contribution in [0.1, 0.15) is 23.8 Å². The third-order valence-electron chi connectivity index (χ3n) is 6.46. The van der Waals surface area contributed by atoms with Gasteiger partial charge in [0, 0.05) is 13.1 Å². The highest BCUT2D eigenvalue weighted by atomic mass is 16.6. The van der Waals surface area contributed by atoms with Gasteiger partial charge < -0.3 is 50.3 Å². The highest BCUT2D eigenvalue weighted by Crippen LogP contribution is 2.29. The number of aliphatic hydroxyl groups excluding tert-OH is 8. The second-order valence-electron chi connectivity index (χ2n) is 9.17. The Labute approximate surface area is 216 Å². The summed E-state index contributed by atoms with van der Waals surface area (Å²) >= 11 is 0. The van der Waals surface area contributed by atoms with Crippen LogP contribution in [-0.4, -0.2) is 144 Å². The van der Waals surface area contributed by atoms with Gasteiger partial charge in [0.25, 0.3) is 0 Å². The molecule has 0 aliphatic carbocycles. The van der Waals surface area contributed by atoms with Crippen molar-refractivity contribution in [3.05, 3.63) is 23.8 Å². The SMILES string of the molecule is C#CCN(Cc1cn([C@H]2O[C@H](CO)[C@@H](O)[C@H](O)[C@@H]2O)nn1)Cc1cn([C@H]2O[C@H](CO)[C@@H](O)[C@H](O)[C@@H]2O)nn1. The fourth-order valence-corrected chi connectivity index (χ4v) is 4.38. The average molecular weight is 542 g/mol. The van der Waals surface area contributed by atoms with E-state index in [4.69, 9.17) is 15.9 Å². The van der Waals surface area contributed by atoms with Crippen LogP contribution >= 0.6 is 0 Å². The van der Waals surface area contributed by atoms with Crippen molar-refractivity contribution < 1.29 is 50.3 Å². The zero-order valence-corrected chi connectivity index (χ0v) is 20.1. The molecule has 4 heterocycles. The van der Waals surface area contributed by atoms with Gasteiger partial charge in [0.15, 0.2) is 12.5 Å². The Morgan fingerprint density at radius 1 is 0.737 bits per heavy atom. The number of hydrogen-bond acceptors (Lipinski definition) is 15. The summed E-state index contributed by atoms with van der Waals surface area (Å²) in [6, 6.07) is 0. The maximum Gasteiger partial charge on any atom is 0.180 e. The fraction of sp³-hybridized carbons (Fsp3) is 0.714. The van der Waals surface area contributed by atoms with E-state index in [9.17, 15) is 40.9 Å². The Balaban J connectivity index is 1.43. The maximum atomic E-state index is 10.3. The predicted molar refractivity (Wildman–Crippen MR) is 121 cm³/mol. The van der Waals surface area contributed by atoms with E-state index in [1.165, 1.54) is 21.8 Å². The van der Waals surface area contributed by atoms with Crippen LogP contribution in [0.4, 0.5) is 0 Å². The first-order chi connectivity index (χ1) is 18.2. The van der Waals surface area contributed by atoms with E-state index < -0.39 is 74.5 Å². The number of hydrogen-bond donors (Lipinski definition) is 8. The second kappa shape index (κ2) is 12.1. The molecule has 0 saturated carbocycles. The molecule has 0 bridgehead atoms. The van der Waals surface area contributed by atoms with Crippen LogP contribution in [-0.2, 0) is 22.6 Å². The lowest BCUT2D eigenvalue weighted by molar-refractivity contribution is -0.254. The Hall–Kier alpha value is -2.60. The summed E-state index contributed by atoms with van der Waals surface area (Å²) in [5.74, 6) is 2.52. The summed E-state index contributed by atoms with van der Waals surface area (Å²) in [4.78, 5) is 1.75. The lowest BCUT2D eigenvalue weighted by atomic mass is 9.98. The van der Waals surface area contributed by atoms with Crippen molar-refractivity contribution in [2.45, 2.75) is 74.4 Å². The lowest BCUT2D eigenvalue weighted by Gasteiger charge is -2.39. The molecule has 0 radical (unpaired) electrons. The number of terminal acetylenes is 1. The van der Waals surface area contributed by atoms with E-state index in [0.29, 0.717) is 11.4 Å². The molecule has 0 spiro atoms. The molecule has 0 aromatic carbocycles. The molecule has 2 aromatic heterocycles. The number of aromatic nitrogens is 6. The molecule has 8 N–H and O–H groups in total. The molecule has 0 amide bonds. The van der Waals surface area contributed by atoms with Crippen molar-refractivity contribution in [2.24, 2.45) is 0 Å². The van der Waals surface area contributed by atoms with Crippen molar-refractivity contribution in [3.8, 4) is 12.3 Å². The number of aliphatic hydroxyl groups is 8. The lowest BCUT2D eigenvalue weighted by Crippen LogP contribution is -2.56. The van der Waals surface area contributed by atoms with Crippen LogP contribution in [0, 0.1) is 12.3 Å². The molecule has 0 unspecified atom stereocenters. The van der Waals surface area contributed by atoms with Gasteiger partial charge in [-0.1, -0.05) is 16.3 Å². The molecule has 210 valence electrons. The highest BCUT2D eigenvalue weighted by molar-refractivity contribution is 5.02. The molecule has 17 nitrogen and oxygen atoms in total. The fourth-order valence-electron chi connectivity index (χ4n) is 4.38. The largest absolute Gasteiger partial charge is 0.394 e. The number of rotatable bonds is 9. The summed E-state index contributed by atoms with van der Waals surface area (Å²) in [5.41, 5.74) is 0.831. The van der Waals surface area contributed by atoms with Gasteiger partial charge in [-0.15, -0.1) is 16.6 Å². The third kappa shape index (κ3) is 5.70. The molecule has 2 saturated heterocycles. The Kier molecular flexibility index (Phi) is 9.02. The van der Waals surface area contributed by atoms with Gasteiger partial charge in [0.2, 0.25) is 0 Å². The summed E-state index contributed by atoms with van der Waals surface area (Å²) < 4.78 is 13.3. The van der Waals surface area contributed by atoms with Crippen LogP contribution in [0.2, 0.25) is 0 Å². The zero-order chi connectivity index (χ0) is 27.6. The zero-order valence-electron chi connectivity index (χ0n) is 20.1. The molecule has 2 aliphatic heterocycles. The maximum absolute atomic E-state index is 10.3. The molecule has 38 heavy (non-hydrogen) atoms. The topological polar surface area (TPSA) is 245 Å². The van der Waals surface area contributed by atoms with E-state index in [-0.39, 0.29) is 19.6 Å². The number of ether oxygens (including phenoxy) is 2. The first-order valence-corrected chi connectivity index (χ1v) is 11.8. The van der Waals surface area contributed by atoms with Crippen LogP contribution in [0.5, 0.6) is 0 Å². The molecule has 10 atom stereocenters. The second-order valence-corrected chi connectivity index (χ2v) is 9.17. The van der Waals surface area contributed by atoms with Gasteiger partial charge >= 0.3 is 0 Å². The monoisotopic (exact) mass is 541 g/mol. The van der Waals surface area contributed by atoms with Gasteiger partial charge in [-0.25, -0.2) is 9.36 Å². The highest BCUT2D eigenvalue weighted by Gasteiger charge is 2.46. The standard InChI is InChI=1S/C21H31N7O10/c1-2-3-26(4-10-6-27(24-22-10)20-18(35)16(33)14(31)12(8-29)37-20)5-11-7-28(25-23-11)21-19(36)17(34)15(32)13(9-30)38-21/h1,6-7,12-21,29-36H,3-5,8-9H2/t12-,13-,14-,15-,16+,17+,18+,19+,20+,21+/m1/s1. The van der Waals surface area contributed by atoms with E-state index in [1.807, 2.05) is 0 Å². The molecule has 2 aromatic rings. The summed E-state index contributed by atoms with van der Waals surface area (Å²) in [5, 5.41) is 95.3. The van der Waals surface area contributed by atoms with Gasteiger partial charge in [-0.05, 0) is 0 Å². The Morgan fingerprint density at radius 3 is 1.53 bits per heavy atom. The summed E-state index contributed by atoms with van der Waals surface area (Å²) in [6.07, 6.45) is -5.38. The van der Waals surface area contributed by atoms with E-state index in [0.717, 1.165) is 0 Å². The molecule has 17 heteroatoms. The first kappa shape index (κ1) is 28.4. The van der Waals surface area contributed by atoms with Crippen molar-refractivity contribution in [3.63, 3.8) is 0 Å². The molecule has 4 rings (SSSR count). The van der Waals surface area contributed by atoms with Gasteiger partial charge in [-0.3, -0.25) is 4.90 Å². The minimum atomic E-state index is -1.57. The van der Waals surface area contributed by atoms with Crippen LogP contribution in [0.3, 0.4) is 0 Å². The smallest absolute Gasteiger partial charge is 0.180 e. The first-order valence-electron chi connectivity index (χ1n) is 11.8. The van der Waals surface area contributed by atoms with Gasteiger partial charge in [0.1, 0.15) is 48.8 Å². The van der Waals surface area contributed by atoms with Gasteiger partial charge in [0.05, 0.1) is 43.5 Å². The Bertz CT molecular complexity index is 1010. The average Bonchev–Trinajstić information content (AvgIpc) is 3.56. The molecule has 2 fully saturated rings. The molecular formula is C21H31N7O10. The quantitative estimate of drug-likeness (QED) is 0.138. The van der Waals surface area contributed by atoms with E-state index >= 15 is 0 Å². The Morgan fingerprint density at radius 2 is 1.16 bits per heavy atom. The van der Waals surface area contributed by atoms with Crippen LogP contribution in [0.25, 0.3) is 0 Å². The van der Waals surface area contributed by atoms with Crippen LogP contribution in [0.15, 0.2) is 12.4 Å². The van der Waals surface area contributed by atoms with Crippen LogP contribution < -0.4 is 0 Å². The van der Waals surface area contributed by atoms with Crippen molar-refractivity contribution >= 4 is 0 Å². The van der Waals surface area contributed by atoms with Crippen molar-refractivity contribution in [2.75, 3.05) is 19.8 Å². The number of nitrogens with zero attached hydrogens (tertiary/aromatic N) is 7. The third-order valence-corrected chi connectivity index (χ3v) is 6.46. The van der Waals surface area contributed by atoms with Crippen molar-refractivity contribution in [1.82, 2.24) is 34.9 Å². The van der Waals surface area contributed by atoms with Gasteiger partial charge in [-0.2, -0.15) is 0 Å². The molecular weight excluding hydrogens is 510 g/mol. The van der Waals surface area contributed by atoms with Crippen molar-refractivity contribution in [1.29, 1.82) is 0 Å². The summed E-state index contributed by atoms with van der Waals surface area (Å²) in [6.45, 7) is -0.644. The molecule has 2 aliphatic rings.